The van der Waals surface area contributed by atoms with Gasteiger partial charge in [0.05, 0.1) is 5.56 Å². The van der Waals surface area contributed by atoms with Gasteiger partial charge in [-0.05, 0) is 31.2 Å². The van der Waals surface area contributed by atoms with Crippen LogP contribution in [0.1, 0.15) is 16.8 Å². The van der Waals surface area contributed by atoms with E-state index in [1.807, 2.05) is 0 Å². The van der Waals surface area contributed by atoms with Crippen LogP contribution in [0.2, 0.25) is 5.02 Å². The number of carbonyl (C=O) groups excluding carboxylic acids is 1. The van der Waals surface area contributed by atoms with Crippen LogP contribution in [-0.2, 0) is 0 Å². The van der Waals surface area contributed by atoms with Crippen molar-refractivity contribution in [3.8, 4) is 5.75 Å². The summed E-state index contributed by atoms with van der Waals surface area (Å²) in [6, 6.07) is 4.62. The average Bonchev–Trinajstić information content (AvgIpc) is 2.70. The molecule has 3 N–H and O–H groups in total. The van der Waals surface area contributed by atoms with Gasteiger partial charge in [-0.15, -0.1) is 0 Å². The number of hydrogen-bond donors (Lipinski definition) is 3. The first-order valence-electron chi connectivity index (χ1n) is 5.17. The molecule has 1 aliphatic rings. The van der Waals surface area contributed by atoms with E-state index >= 15 is 0 Å². The van der Waals surface area contributed by atoms with Crippen molar-refractivity contribution in [2.45, 2.75) is 12.5 Å². The van der Waals surface area contributed by atoms with Crippen LogP contribution in [0.15, 0.2) is 18.2 Å². The molecule has 0 aromatic heterocycles. The fourth-order valence-electron chi connectivity index (χ4n) is 1.74. The second-order valence-electron chi connectivity index (χ2n) is 3.82. The van der Waals surface area contributed by atoms with Gasteiger partial charge in [-0.3, -0.25) is 4.79 Å². The minimum atomic E-state index is -0.261. The maximum absolute atomic E-state index is 11.8. The highest BCUT2D eigenvalue weighted by Crippen LogP contribution is 2.21. The van der Waals surface area contributed by atoms with Crippen LogP contribution in [0.3, 0.4) is 0 Å². The Kier molecular flexibility index (Phi) is 3.31. The lowest BCUT2D eigenvalue weighted by atomic mass is 10.1. The molecule has 0 bridgehead atoms. The summed E-state index contributed by atoms with van der Waals surface area (Å²) in [5.74, 6) is -0.348. The van der Waals surface area contributed by atoms with Crippen molar-refractivity contribution < 1.29 is 9.90 Å². The standard InChI is InChI=1S/C11H13ClN2O2/c12-7-1-2-9(10(15)5-7)11(16)14-8-3-4-13-6-8/h1-2,5,8,13,15H,3-4,6H2,(H,14,16)/t8-/m1/s1. The molecule has 1 aromatic rings. The summed E-state index contributed by atoms with van der Waals surface area (Å²) in [5.41, 5.74) is 0.260. The molecular formula is C11H13ClN2O2. The zero-order chi connectivity index (χ0) is 11.5. The number of phenols is 1. The Labute approximate surface area is 98.6 Å². The highest BCUT2D eigenvalue weighted by atomic mass is 35.5. The fourth-order valence-corrected chi connectivity index (χ4v) is 1.90. The smallest absolute Gasteiger partial charge is 0.255 e. The average molecular weight is 241 g/mol. The van der Waals surface area contributed by atoms with Gasteiger partial charge in [0.2, 0.25) is 0 Å². The molecular weight excluding hydrogens is 228 g/mol. The van der Waals surface area contributed by atoms with E-state index in [2.05, 4.69) is 10.6 Å². The van der Waals surface area contributed by atoms with Crippen LogP contribution in [0.5, 0.6) is 5.75 Å². The van der Waals surface area contributed by atoms with Crippen molar-refractivity contribution in [2.75, 3.05) is 13.1 Å². The first-order chi connectivity index (χ1) is 7.66. The van der Waals surface area contributed by atoms with Crippen LogP contribution < -0.4 is 10.6 Å². The molecule has 0 aliphatic carbocycles. The largest absolute Gasteiger partial charge is 0.507 e. The minimum Gasteiger partial charge on any atom is -0.507 e. The first kappa shape index (κ1) is 11.2. The number of nitrogens with one attached hydrogen (secondary N) is 2. The highest BCUT2D eigenvalue weighted by Gasteiger charge is 2.19. The van der Waals surface area contributed by atoms with Gasteiger partial charge in [-0.1, -0.05) is 11.6 Å². The number of halogens is 1. The summed E-state index contributed by atoms with van der Waals surface area (Å²) >= 11 is 5.69. The molecule has 1 saturated heterocycles. The van der Waals surface area contributed by atoms with Crippen molar-refractivity contribution in [3.63, 3.8) is 0 Å². The summed E-state index contributed by atoms with van der Waals surface area (Å²) in [6.45, 7) is 1.69. The molecule has 0 radical (unpaired) electrons. The maximum atomic E-state index is 11.8. The molecule has 5 heteroatoms. The van der Waals surface area contributed by atoms with Gasteiger partial charge in [0.1, 0.15) is 5.75 Å². The lowest BCUT2D eigenvalue weighted by Gasteiger charge is -2.12. The molecule has 0 spiro atoms. The van der Waals surface area contributed by atoms with Crippen LogP contribution in [0, 0.1) is 0 Å². The van der Waals surface area contributed by atoms with E-state index in [-0.39, 0.29) is 23.3 Å². The van der Waals surface area contributed by atoms with Gasteiger partial charge >= 0.3 is 0 Å². The molecule has 1 fully saturated rings. The fraction of sp³-hybridized carbons (Fsp3) is 0.364. The highest BCUT2D eigenvalue weighted by molar-refractivity contribution is 6.30. The van der Waals surface area contributed by atoms with Crippen molar-refractivity contribution in [2.24, 2.45) is 0 Å². The van der Waals surface area contributed by atoms with Crippen molar-refractivity contribution in [3.05, 3.63) is 28.8 Å². The predicted molar refractivity (Wildman–Crippen MR) is 61.9 cm³/mol. The van der Waals surface area contributed by atoms with Gasteiger partial charge < -0.3 is 15.7 Å². The topological polar surface area (TPSA) is 61.4 Å². The summed E-state index contributed by atoms with van der Waals surface area (Å²) < 4.78 is 0. The van der Waals surface area contributed by atoms with Crippen LogP contribution in [-0.4, -0.2) is 30.1 Å². The van der Waals surface area contributed by atoms with Gasteiger partial charge in [-0.25, -0.2) is 0 Å². The number of aromatic hydroxyl groups is 1. The second-order valence-corrected chi connectivity index (χ2v) is 4.26. The molecule has 1 aliphatic heterocycles. The molecule has 0 unspecified atom stereocenters. The van der Waals surface area contributed by atoms with E-state index in [9.17, 15) is 9.90 Å². The Balaban J connectivity index is 2.08. The van der Waals surface area contributed by atoms with E-state index in [0.717, 1.165) is 19.5 Å². The van der Waals surface area contributed by atoms with Crippen molar-refractivity contribution >= 4 is 17.5 Å². The van der Waals surface area contributed by atoms with Gasteiger partial charge in [-0.2, -0.15) is 0 Å². The molecule has 1 heterocycles. The lowest BCUT2D eigenvalue weighted by Crippen LogP contribution is -2.36. The number of carbonyl (C=O) groups is 1. The van der Waals surface area contributed by atoms with E-state index in [0.29, 0.717) is 5.02 Å². The maximum Gasteiger partial charge on any atom is 0.255 e. The molecule has 4 nitrogen and oxygen atoms in total. The van der Waals surface area contributed by atoms with Gasteiger partial charge in [0, 0.05) is 17.6 Å². The third kappa shape index (κ3) is 2.46. The number of benzene rings is 1. The SMILES string of the molecule is O=C(N[C@@H]1CCNC1)c1ccc(Cl)cc1O. The number of rotatable bonds is 2. The monoisotopic (exact) mass is 240 g/mol. The van der Waals surface area contributed by atoms with Crippen LogP contribution in [0.25, 0.3) is 0 Å². The Hall–Kier alpha value is -1.26. The number of amides is 1. The van der Waals surface area contributed by atoms with Crippen LogP contribution >= 0.6 is 11.6 Å². The molecule has 1 atom stereocenters. The summed E-state index contributed by atoms with van der Waals surface area (Å²) in [7, 11) is 0. The van der Waals surface area contributed by atoms with E-state index in [1.165, 1.54) is 12.1 Å². The third-order valence-corrected chi connectivity index (χ3v) is 2.84. The van der Waals surface area contributed by atoms with Gasteiger partial charge in [0.15, 0.2) is 0 Å². The quantitative estimate of drug-likeness (QED) is 0.727. The van der Waals surface area contributed by atoms with Gasteiger partial charge in [0.25, 0.3) is 5.91 Å². The second kappa shape index (κ2) is 4.72. The molecule has 1 amide bonds. The Bertz CT molecular complexity index is 403. The molecule has 86 valence electrons. The van der Waals surface area contributed by atoms with Crippen molar-refractivity contribution in [1.29, 1.82) is 0 Å². The molecule has 1 aromatic carbocycles. The van der Waals surface area contributed by atoms with Crippen molar-refractivity contribution in [1.82, 2.24) is 10.6 Å². The van der Waals surface area contributed by atoms with E-state index < -0.39 is 0 Å². The Morgan fingerprint density at radius 1 is 1.56 bits per heavy atom. The minimum absolute atomic E-state index is 0.0871. The zero-order valence-electron chi connectivity index (χ0n) is 8.66. The summed E-state index contributed by atoms with van der Waals surface area (Å²) in [6.07, 6.45) is 0.917. The number of phenolic OH excluding ortho intramolecular Hbond substituents is 1. The first-order valence-corrected chi connectivity index (χ1v) is 5.54. The Morgan fingerprint density at radius 2 is 2.38 bits per heavy atom. The third-order valence-electron chi connectivity index (χ3n) is 2.60. The predicted octanol–water partition coefficient (Wildman–Crippen LogP) is 1.14. The Morgan fingerprint density at radius 3 is 3.00 bits per heavy atom. The number of hydrogen-bond acceptors (Lipinski definition) is 3. The summed E-state index contributed by atoms with van der Waals surface area (Å²) in [4.78, 5) is 11.8. The molecule has 0 saturated carbocycles. The summed E-state index contributed by atoms with van der Waals surface area (Å²) in [5, 5.41) is 16.0. The zero-order valence-corrected chi connectivity index (χ0v) is 9.42. The normalized spacial score (nSPS) is 19.7. The van der Waals surface area contributed by atoms with E-state index in [4.69, 9.17) is 11.6 Å². The van der Waals surface area contributed by atoms with Crippen LogP contribution in [0.4, 0.5) is 0 Å². The molecule has 2 rings (SSSR count). The van der Waals surface area contributed by atoms with E-state index in [1.54, 1.807) is 6.07 Å². The molecule has 16 heavy (non-hydrogen) atoms. The lowest BCUT2D eigenvalue weighted by molar-refractivity contribution is 0.0937.